The minimum absolute atomic E-state index is 0. The van der Waals surface area contributed by atoms with Gasteiger partial charge in [0, 0.05) is 17.1 Å². The van der Waals surface area contributed by atoms with Crippen molar-refractivity contribution in [3.8, 4) is 0 Å². The SMILES string of the molecule is F.F.[H-].[H-].[Mg+2].[Mn]. The van der Waals surface area contributed by atoms with Gasteiger partial charge in [-0.3, -0.25) is 9.41 Å². The monoisotopic (exact) mass is 121 g/mol. The van der Waals surface area contributed by atoms with Gasteiger partial charge in [-0.05, 0) is 0 Å². The predicted molar refractivity (Wildman–Crippen MR) is 13.0 cm³/mol. The molecule has 0 saturated heterocycles. The Labute approximate surface area is 52.7 Å². The van der Waals surface area contributed by atoms with E-state index in [9.17, 15) is 0 Å². The van der Waals surface area contributed by atoms with Crippen LogP contribution in [0.2, 0.25) is 0 Å². The molecule has 0 aliphatic heterocycles. The molecule has 0 spiro atoms. The van der Waals surface area contributed by atoms with Crippen LogP contribution in [0, 0.1) is 0 Å². The van der Waals surface area contributed by atoms with E-state index >= 15 is 0 Å². The summed E-state index contributed by atoms with van der Waals surface area (Å²) in [6.07, 6.45) is 0. The molecule has 4 heavy (non-hydrogen) atoms. The number of hydrogen-bond donors (Lipinski definition) is 0. The summed E-state index contributed by atoms with van der Waals surface area (Å²) in [5, 5.41) is 0. The molecule has 0 unspecified atom stereocenters. The molecule has 0 aliphatic carbocycles. The molecule has 0 rings (SSSR count). The normalized spacial score (nSPS) is 0. The Kier molecular flexibility index (Phi) is 526. The molecule has 0 amide bonds. The van der Waals surface area contributed by atoms with Crippen molar-refractivity contribution in [1.29, 1.82) is 0 Å². The average molecular weight is 121 g/mol. The molecule has 0 aromatic rings. The van der Waals surface area contributed by atoms with Gasteiger partial charge in [-0.1, -0.05) is 0 Å². The minimum atomic E-state index is 0. The average Bonchev–Trinajstić information content (AvgIpc) is 0. The Morgan fingerprint density at radius 2 is 1.00 bits per heavy atom. The van der Waals surface area contributed by atoms with Crippen molar-refractivity contribution in [3.05, 3.63) is 0 Å². The zero-order chi connectivity index (χ0) is 0. The van der Waals surface area contributed by atoms with Crippen LogP contribution < -0.4 is 0 Å². The third kappa shape index (κ3) is 11.0. The van der Waals surface area contributed by atoms with E-state index in [0.717, 1.165) is 0 Å². The summed E-state index contributed by atoms with van der Waals surface area (Å²) in [6, 6.07) is 0. The molecule has 0 atom stereocenters. The molecule has 0 fully saturated rings. The zero-order valence-electron chi connectivity index (χ0n) is 3.90. The molecular formula is H4F2MgMn. The van der Waals surface area contributed by atoms with Crippen molar-refractivity contribution in [2.24, 2.45) is 0 Å². The third-order valence-corrected chi connectivity index (χ3v) is 0. The molecule has 0 aromatic heterocycles. The third-order valence-electron chi connectivity index (χ3n) is 0. The maximum absolute atomic E-state index is 0. The summed E-state index contributed by atoms with van der Waals surface area (Å²) < 4.78 is 0. The standard InChI is InChI=1S/2FH.Mg.Mn.2H/h2*1H;;;;/q;;+2;;2*-1. The Morgan fingerprint density at radius 1 is 1.00 bits per heavy atom. The van der Waals surface area contributed by atoms with Gasteiger partial charge in [0.25, 0.3) is 0 Å². The second-order valence-corrected chi connectivity index (χ2v) is 0. The predicted octanol–water partition coefficient (Wildman–Crippen LogP) is 0.147. The van der Waals surface area contributed by atoms with Crippen LogP contribution in [0.3, 0.4) is 0 Å². The van der Waals surface area contributed by atoms with E-state index in [4.69, 9.17) is 0 Å². The molecule has 4 heteroatoms. The van der Waals surface area contributed by atoms with Crippen molar-refractivity contribution < 1.29 is 29.3 Å². The molecule has 0 N–H and O–H groups in total. The maximum atomic E-state index is 0. The van der Waals surface area contributed by atoms with E-state index in [1.807, 2.05) is 0 Å². The van der Waals surface area contributed by atoms with Gasteiger partial charge >= 0.3 is 23.1 Å². The van der Waals surface area contributed by atoms with E-state index in [2.05, 4.69) is 0 Å². The summed E-state index contributed by atoms with van der Waals surface area (Å²) in [5.74, 6) is 0. The second kappa shape index (κ2) is 31.3. The van der Waals surface area contributed by atoms with Crippen molar-refractivity contribution in [1.82, 2.24) is 0 Å². The quantitative estimate of drug-likeness (QED) is 0.400. The van der Waals surface area contributed by atoms with E-state index in [1.54, 1.807) is 0 Å². The fourth-order valence-electron chi connectivity index (χ4n) is 0. The van der Waals surface area contributed by atoms with Crippen LogP contribution in [0.1, 0.15) is 2.85 Å². The molecule has 0 heterocycles. The van der Waals surface area contributed by atoms with Crippen LogP contribution in [-0.4, -0.2) is 23.1 Å². The Morgan fingerprint density at radius 3 is 1.00 bits per heavy atom. The van der Waals surface area contributed by atoms with Crippen LogP contribution in [-0.2, 0) is 17.1 Å². The van der Waals surface area contributed by atoms with Gasteiger partial charge in [0.2, 0.25) is 0 Å². The van der Waals surface area contributed by atoms with Crippen LogP contribution in [0.5, 0.6) is 0 Å². The van der Waals surface area contributed by atoms with Gasteiger partial charge < -0.3 is 2.85 Å². The van der Waals surface area contributed by atoms with Crippen molar-refractivity contribution in [2.75, 3.05) is 0 Å². The first-order chi connectivity index (χ1) is 0. The molecule has 1 radical (unpaired) electrons. The molecule has 0 bridgehead atoms. The van der Waals surface area contributed by atoms with E-state index in [-0.39, 0.29) is 52.4 Å². The van der Waals surface area contributed by atoms with Gasteiger partial charge in [0.1, 0.15) is 0 Å². The van der Waals surface area contributed by atoms with Crippen molar-refractivity contribution in [3.63, 3.8) is 0 Å². The molecule has 0 nitrogen and oxygen atoms in total. The van der Waals surface area contributed by atoms with Gasteiger partial charge in [0.15, 0.2) is 0 Å². The maximum Gasteiger partial charge on any atom is 2.00 e. The second-order valence-electron chi connectivity index (χ2n) is 0. The van der Waals surface area contributed by atoms with Crippen LogP contribution in [0.25, 0.3) is 0 Å². The Bertz CT molecular complexity index is 11.5. The molecule has 27 valence electrons. The molecule has 0 saturated carbocycles. The van der Waals surface area contributed by atoms with E-state index in [1.165, 1.54) is 0 Å². The number of halogens is 2. The van der Waals surface area contributed by atoms with Crippen LogP contribution >= 0.6 is 0 Å². The van der Waals surface area contributed by atoms with Crippen LogP contribution in [0.4, 0.5) is 9.41 Å². The summed E-state index contributed by atoms with van der Waals surface area (Å²) in [7, 11) is 0. The summed E-state index contributed by atoms with van der Waals surface area (Å²) in [4.78, 5) is 0. The number of rotatable bonds is 0. The Balaban J connectivity index is 0. The topological polar surface area (TPSA) is 0 Å². The van der Waals surface area contributed by atoms with Gasteiger partial charge in [-0.2, -0.15) is 0 Å². The fourth-order valence-corrected chi connectivity index (χ4v) is 0. The summed E-state index contributed by atoms with van der Waals surface area (Å²) in [5.41, 5.74) is 0. The number of hydrogen-bond acceptors (Lipinski definition) is 0. The molecule has 0 aliphatic rings. The molecule has 0 aromatic carbocycles. The first kappa shape index (κ1) is 67.4. The zero-order valence-corrected chi connectivity index (χ0v) is 4.50. The summed E-state index contributed by atoms with van der Waals surface area (Å²) >= 11 is 0. The van der Waals surface area contributed by atoms with Gasteiger partial charge in [0.05, 0.1) is 0 Å². The fraction of sp³-hybridized carbons (Fsp3) is 0. The van der Waals surface area contributed by atoms with Gasteiger partial charge in [-0.15, -0.1) is 0 Å². The van der Waals surface area contributed by atoms with Gasteiger partial charge in [-0.25, -0.2) is 0 Å². The van der Waals surface area contributed by atoms with Crippen molar-refractivity contribution >= 4 is 23.1 Å². The largest absolute Gasteiger partial charge is 2.00 e. The minimum Gasteiger partial charge on any atom is -1.00 e. The van der Waals surface area contributed by atoms with Crippen molar-refractivity contribution in [2.45, 2.75) is 0 Å². The van der Waals surface area contributed by atoms with Crippen LogP contribution in [0.15, 0.2) is 0 Å². The smallest absolute Gasteiger partial charge is 1.00 e. The summed E-state index contributed by atoms with van der Waals surface area (Å²) in [6.45, 7) is 0. The Hall–Kier alpha value is 1.15. The first-order valence-electron chi connectivity index (χ1n) is 0. The van der Waals surface area contributed by atoms with E-state index in [0.29, 0.717) is 0 Å². The van der Waals surface area contributed by atoms with E-state index < -0.39 is 0 Å². The molecular weight excluding hydrogens is 117 g/mol. The first-order valence-corrected chi connectivity index (χ1v) is 0.